The van der Waals surface area contributed by atoms with Gasteiger partial charge in [0.1, 0.15) is 6.10 Å². The number of sulfonamides is 1. The molecule has 2 unspecified atom stereocenters. The van der Waals surface area contributed by atoms with Crippen molar-refractivity contribution in [2.75, 3.05) is 12.1 Å². The number of hydrogen-bond donors (Lipinski definition) is 2. The summed E-state index contributed by atoms with van der Waals surface area (Å²) in [6.45, 7) is 1.77. The lowest BCUT2D eigenvalue weighted by molar-refractivity contribution is -0.119. The van der Waals surface area contributed by atoms with Crippen LogP contribution >= 0.6 is 0 Å². The van der Waals surface area contributed by atoms with Crippen molar-refractivity contribution in [1.82, 2.24) is 15.2 Å². The van der Waals surface area contributed by atoms with E-state index in [0.29, 0.717) is 29.9 Å². The Labute approximate surface area is 276 Å². The molecular weight excluding hydrogens is 643 g/mol. The van der Waals surface area contributed by atoms with E-state index in [1.165, 1.54) is 0 Å². The molecule has 0 spiro atoms. The second-order valence-corrected chi connectivity index (χ2v) is 14.5. The van der Waals surface area contributed by atoms with Crippen LogP contribution in [0.5, 0.6) is 0 Å². The second-order valence-electron chi connectivity index (χ2n) is 11.8. The van der Waals surface area contributed by atoms with Gasteiger partial charge in [0.05, 0.1) is 23.4 Å². The summed E-state index contributed by atoms with van der Waals surface area (Å²) < 4.78 is 58.4. The molecule has 1 fully saturated rings. The lowest BCUT2D eigenvalue weighted by Gasteiger charge is -2.19. The van der Waals surface area contributed by atoms with Crippen LogP contribution in [0.25, 0.3) is 22.5 Å². The molecule has 1 aromatic heterocycles. The van der Waals surface area contributed by atoms with Gasteiger partial charge in [-0.2, -0.15) is 0 Å². The van der Waals surface area contributed by atoms with Crippen LogP contribution < -0.4 is 10.0 Å². The fourth-order valence-electron chi connectivity index (χ4n) is 5.75. The van der Waals surface area contributed by atoms with E-state index in [1.807, 2.05) is 78.9 Å². The number of carbonyl (C=O) groups excluding carboxylic acids is 2. The second kappa shape index (κ2) is 14.6. The summed E-state index contributed by atoms with van der Waals surface area (Å²) in [5, 5.41) is 6.43. The minimum absolute atomic E-state index is 0.115. The van der Waals surface area contributed by atoms with E-state index in [-0.39, 0.29) is 11.8 Å². The molecule has 11 nitrogen and oxygen atoms in total. The van der Waals surface area contributed by atoms with Crippen molar-refractivity contribution < 1.29 is 36.0 Å². The Morgan fingerprint density at radius 3 is 2.21 bits per heavy atom. The molecule has 47 heavy (non-hydrogen) atoms. The first-order valence-electron chi connectivity index (χ1n) is 15.1. The number of carbonyl (C=O) groups is 2. The molecule has 4 aromatic rings. The summed E-state index contributed by atoms with van der Waals surface area (Å²) in [5.74, 6) is -0.611. The van der Waals surface area contributed by atoms with Crippen LogP contribution in [0.3, 0.4) is 0 Å². The van der Waals surface area contributed by atoms with Crippen molar-refractivity contribution >= 4 is 33.1 Å². The predicted molar refractivity (Wildman–Crippen MR) is 176 cm³/mol. The van der Waals surface area contributed by atoms with Gasteiger partial charge in [0.2, 0.25) is 15.9 Å². The topological polar surface area (TPSA) is 168 Å². The first-order valence-corrected chi connectivity index (χ1v) is 18.3. The number of hydrogen-bond acceptors (Lipinski definition) is 9. The van der Waals surface area contributed by atoms with Crippen molar-refractivity contribution in [2.45, 2.75) is 57.0 Å². The smallest absolute Gasteiger partial charge is 0.408 e. The van der Waals surface area contributed by atoms with Crippen LogP contribution in [-0.2, 0) is 42.5 Å². The maximum Gasteiger partial charge on any atom is 0.408 e. The highest BCUT2D eigenvalue weighted by molar-refractivity contribution is 7.89. The van der Waals surface area contributed by atoms with Gasteiger partial charge in [-0.05, 0) is 72.4 Å². The third-order valence-electron chi connectivity index (χ3n) is 8.22. The van der Waals surface area contributed by atoms with Crippen LogP contribution in [0.15, 0.2) is 83.4 Å². The van der Waals surface area contributed by atoms with Gasteiger partial charge in [0, 0.05) is 17.4 Å². The quantitative estimate of drug-likeness (QED) is 0.165. The largest absolute Gasteiger partial charge is 0.771 e. The van der Waals surface area contributed by atoms with Gasteiger partial charge < -0.3 is 19.1 Å². The number of benzene rings is 3. The molecule has 3 aromatic carbocycles. The van der Waals surface area contributed by atoms with Crippen LogP contribution in [0.4, 0.5) is 4.79 Å². The van der Waals surface area contributed by atoms with Gasteiger partial charge >= 0.3 is 6.09 Å². The average Bonchev–Trinajstić information content (AvgIpc) is 3.71. The fourth-order valence-corrected chi connectivity index (χ4v) is 6.47. The van der Waals surface area contributed by atoms with Crippen LogP contribution in [0.2, 0.25) is 0 Å². The van der Waals surface area contributed by atoms with Crippen molar-refractivity contribution in [3.8, 4) is 22.5 Å². The molecule has 1 aliphatic carbocycles. The molecule has 5 rings (SSSR count). The van der Waals surface area contributed by atoms with Crippen molar-refractivity contribution in [2.24, 2.45) is 0 Å². The maximum absolute atomic E-state index is 12.5. The Kier molecular flexibility index (Phi) is 10.6. The third-order valence-corrected chi connectivity index (χ3v) is 9.20. The van der Waals surface area contributed by atoms with Gasteiger partial charge in [-0.1, -0.05) is 84.0 Å². The molecule has 1 saturated carbocycles. The SMILES string of the molecule is Cc1noc(-c2ccc(-c3ccc(C4(CC(=O)NS(C)(=O)=O)CC4)cc3)cc2)c1C(CCCc1ccccc1)OC(=O)NCS(=O)[O-]. The van der Waals surface area contributed by atoms with E-state index in [2.05, 4.69) is 15.2 Å². The van der Waals surface area contributed by atoms with Crippen LogP contribution in [0, 0.1) is 6.92 Å². The number of aryl methyl sites for hydroxylation is 2. The lowest BCUT2D eigenvalue weighted by Crippen LogP contribution is -2.32. The van der Waals surface area contributed by atoms with Gasteiger partial charge in [-0.25, -0.2) is 13.2 Å². The predicted octanol–water partition coefficient (Wildman–Crippen LogP) is 5.44. The van der Waals surface area contributed by atoms with Crippen molar-refractivity contribution in [3.63, 3.8) is 0 Å². The molecule has 1 aliphatic rings. The zero-order chi connectivity index (χ0) is 33.6. The number of amides is 2. The molecule has 0 bridgehead atoms. The van der Waals surface area contributed by atoms with Crippen LogP contribution in [-0.4, -0.2) is 46.5 Å². The zero-order valence-electron chi connectivity index (χ0n) is 26.1. The Bertz CT molecular complexity index is 1840. The Morgan fingerprint density at radius 1 is 1.00 bits per heavy atom. The maximum atomic E-state index is 12.5. The van der Waals surface area contributed by atoms with E-state index in [4.69, 9.17) is 9.26 Å². The summed E-state index contributed by atoms with van der Waals surface area (Å²) in [7, 11) is -3.60. The summed E-state index contributed by atoms with van der Waals surface area (Å²) in [6, 6.07) is 25.5. The monoisotopic (exact) mass is 678 g/mol. The lowest BCUT2D eigenvalue weighted by atomic mass is 9.90. The highest BCUT2D eigenvalue weighted by atomic mass is 32.2. The van der Waals surface area contributed by atoms with E-state index in [0.717, 1.165) is 53.3 Å². The first kappa shape index (κ1) is 34.0. The fraction of sp³-hybridized carbons (Fsp3) is 0.324. The molecule has 13 heteroatoms. The summed E-state index contributed by atoms with van der Waals surface area (Å²) in [4.78, 5) is 24.8. The first-order chi connectivity index (χ1) is 22.4. The number of rotatable bonds is 14. The molecule has 0 aliphatic heterocycles. The number of alkyl carbamates (subject to hydrolysis) is 1. The van der Waals surface area contributed by atoms with Gasteiger partial charge in [-0.3, -0.25) is 13.7 Å². The Morgan fingerprint density at radius 2 is 1.62 bits per heavy atom. The molecule has 0 radical (unpaired) electrons. The number of nitrogens with zero attached hydrogens (tertiary/aromatic N) is 1. The average molecular weight is 679 g/mol. The minimum atomic E-state index is -3.60. The molecule has 2 atom stereocenters. The molecule has 2 amide bonds. The summed E-state index contributed by atoms with van der Waals surface area (Å²) in [5.41, 5.74) is 5.60. The van der Waals surface area contributed by atoms with E-state index in [1.54, 1.807) is 6.92 Å². The molecule has 2 N–H and O–H groups in total. The van der Waals surface area contributed by atoms with Gasteiger partial charge in [-0.15, -0.1) is 0 Å². The van der Waals surface area contributed by atoms with E-state index < -0.39 is 45.1 Å². The molecule has 0 saturated heterocycles. The Hall–Kier alpha value is -4.33. The molecule has 248 valence electrons. The number of ether oxygens (including phenoxy) is 1. The van der Waals surface area contributed by atoms with Crippen LogP contribution in [0.1, 0.15) is 60.6 Å². The molecular formula is C34H36N3O8S2-. The summed E-state index contributed by atoms with van der Waals surface area (Å²) in [6.07, 6.45) is 3.03. The third kappa shape index (κ3) is 9.15. The van der Waals surface area contributed by atoms with E-state index >= 15 is 0 Å². The standard InChI is InChI=1S/C34H37N3O8S2/c1-23-31(29(44-33(39)35-22-46(40)41)10-6-9-24-7-4-3-5-8-24)32(45-36-23)27-13-11-25(12-14-27)26-15-17-28(18-16-26)34(19-20-34)21-30(38)37-47(2,42)43/h3-5,7-8,11-18,29H,6,9-10,19-22H2,1-2H3,(H,35,39)(H,37,38)(H,40,41)/p-1. The van der Waals surface area contributed by atoms with E-state index in [9.17, 15) is 26.8 Å². The van der Waals surface area contributed by atoms with Crippen molar-refractivity contribution in [3.05, 3.63) is 101 Å². The number of nitrogens with one attached hydrogen (secondary N) is 2. The zero-order valence-corrected chi connectivity index (χ0v) is 27.7. The highest BCUT2D eigenvalue weighted by Crippen LogP contribution is 2.51. The molecule has 1 heterocycles. The number of aromatic nitrogens is 1. The Balaban J connectivity index is 1.32. The van der Waals surface area contributed by atoms with Gasteiger partial charge in [0.15, 0.2) is 5.76 Å². The summed E-state index contributed by atoms with van der Waals surface area (Å²) >= 11 is -2.46. The van der Waals surface area contributed by atoms with Gasteiger partial charge in [0.25, 0.3) is 0 Å². The van der Waals surface area contributed by atoms with Crippen molar-refractivity contribution in [1.29, 1.82) is 0 Å². The highest BCUT2D eigenvalue weighted by Gasteiger charge is 2.46. The minimum Gasteiger partial charge on any atom is -0.771 e. The normalized spacial score (nSPS) is 15.0.